The number of hydrogen-bond acceptors (Lipinski definition) is 3. The van der Waals surface area contributed by atoms with Crippen LogP contribution >= 0.6 is 0 Å². The molecule has 3 nitrogen and oxygen atoms in total. The molecular weight excluding hydrogens is 236 g/mol. The van der Waals surface area contributed by atoms with Gasteiger partial charge in [0.2, 0.25) is 0 Å². The van der Waals surface area contributed by atoms with Crippen molar-refractivity contribution in [3.8, 4) is 11.5 Å². The van der Waals surface area contributed by atoms with Crippen molar-refractivity contribution in [3.63, 3.8) is 0 Å². The molecule has 1 heterocycles. The molecule has 0 unspecified atom stereocenters. The van der Waals surface area contributed by atoms with Gasteiger partial charge in [0, 0.05) is 5.54 Å². The Labute approximate surface area is 113 Å². The van der Waals surface area contributed by atoms with E-state index in [4.69, 9.17) is 10.5 Å². The highest BCUT2D eigenvalue weighted by Gasteiger charge is 2.33. The third kappa shape index (κ3) is 1.82. The summed E-state index contributed by atoms with van der Waals surface area (Å²) in [5.74, 6) is 1.68. The molecule has 0 aromatic heterocycles. The number of nitrogen functional groups attached to an aromatic ring is 1. The first-order chi connectivity index (χ1) is 8.98. The Morgan fingerprint density at radius 2 is 1.63 bits per heavy atom. The van der Waals surface area contributed by atoms with Gasteiger partial charge in [-0.2, -0.15) is 0 Å². The molecule has 2 aromatic carbocycles. The molecule has 0 saturated carbocycles. The number of hydrogen-bond donors (Lipinski definition) is 1. The highest BCUT2D eigenvalue weighted by molar-refractivity contribution is 5.86. The molecule has 1 aliphatic rings. The molecular formula is C16H18N2O. The van der Waals surface area contributed by atoms with Gasteiger partial charge >= 0.3 is 0 Å². The molecule has 1 aliphatic heterocycles. The van der Waals surface area contributed by atoms with Crippen molar-refractivity contribution in [3.05, 3.63) is 42.5 Å². The fourth-order valence-electron chi connectivity index (χ4n) is 2.52. The number of ether oxygens (including phenoxy) is 1. The second-order valence-electron chi connectivity index (χ2n) is 5.77. The number of nitrogens with two attached hydrogens (primary N) is 1. The van der Waals surface area contributed by atoms with Crippen LogP contribution in [0.4, 0.5) is 17.1 Å². The molecule has 19 heavy (non-hydrogen) atoms. The second kappa shape index (κ2) is 3.92. The lowest BCUT2D eigenvalue weighted by atomic mass is 10.0. The molecule has 3 rings (SSSR count). The van der Waals surface area contributed by atoms with Gasteiger partial charge in [0.05, 0.1) is 11.4 Å². The second-order valence-corrected chi connectivity index (χ2v) is 5.77. The smallest absolute Gasteiger partial charge is 0.153 e. The first kappa shape index (κ1) is 11.9. The van der Waals surface area contributed by atoms with E-state index in [1.54, 1.807) is 0 Å². The fourth-order valence-corrected chi connectivity index (χ4v) is 2.52. The van der Waals surface area contributed by atoms with E-state index >= 15 is 0 Å². The summed E-state index contributed by atoms with van der Waals surface area (Å²) in [5.41, 5.74) is 8.83. The number of rotatable bonds is 0. The molecule has 0 spiro atoms. The molecule has 98 valence electrons. The maximum absolute atomic E-state index is 6.16. The largest absolute Gasteiger partial charge is 0.453 e. The van der Waals surface area contributed by atoms with Gasteiger partial charge in [-0.3, -0.25) is 0 Å². The van der Waals surface area contributed by atoms with Crippen molar-refractivity contribution in [2.24, 2.45) is 0 Å². The van der Waals surface area contributed by atoms with Gasteiger partial charge < -0.3 is 15.4 Å². The van der Waals surface area contributed by atoms with Crippen LogP contribution < -0.4 is 15.4 Å². The highest BCUT2D eigenvalue weighted by Crippen LogP contribution is 2.51. The topological polar surface area (TPSA) is 38.5 Å². The number of anilines is 3. The molecule has 3 heteroatoms. The van der Waals surface area contributed by atoms with Crippen molar-refractivity contribution in [1.82, 2.24) is 0 Å². The van der Waals surface area contributed by atoms with Crippen LogP contribution in [0.25, 0.3) is 0 Å². The molecule has 2 N–H and O–H groups in total. The Kier molecular flexibility index (Phi) is 2.45. The number of benzene rings is 2. The van der Waals surface area contributed by atoms with Crippen LogP contribution in [-0.2, 0) is 0 Å². The third-order valence-corrected chi connectivity index (χ3v) is 3.25. The summed E-state index contributed by atoms with van der Waals surface area (Å²) < 4.78 is 5.96. The maximum atomic E-state index is 6.16. The monoisotopic (exact) mass is 254 g/mol. The molecule has 2 aromatic rings. The van der Waals surface area contributed by atoms with E-state index in [9.17, 15) is 0 Å². The summed E-state index contributed by atoms with van der Waals surface area (Å²) in [4.78, 5) is 2.25. The van der Waals surface area contributed by atoms with Crippen LogP contribution in [0.2, 0.25) is 0 Å². The summed E-state index contributed by atoms with van der Waals surface area (Å²) in [5, 5.41) is 0. The highest BCUT2D eigenvalue weighted by atomic mass is 16.5. The normalized spacial score (nSPS) is 13.5. The molecule has 0 fully saturated rings. The van der Waals surface area contributed by atoms with E-state index in [0.717, 1.165) is 28.6 Å². The quantitative estimate of drug-likeness (QED) is 0.712. The lowest BCUT2D eigenvalue weighted by Crippen LogP contribution is -2.39. The van der Waals surface area contributed by atoms with Gasteiger partial charge in [0.25, 0.3) is 0 Å². The minimum Gasteiger partial charge on any atom is -0.453 e. The van der Waals surface area contributed by atoms with Crippen molar-refractivity contribution in [2.45, 2.75) is 26.3 Å². The van der Waals surface area contributed by atoms with Crippen LogP contribution in [0.1, 0.15) is 20.8 Å². The van der Waals surface area contributed by atoms with Gasteiger partial charge in [-0.25, -0.2) is 0 Å². The minimum atomic E-state index is -0.0793. The summed E-state index contributed by atoms with van der Waals surface area (Å²) in [6.45, 7) is 6.52. The Morgan fingerprint density at radius 3 is 2.37 bits per heavy atom. The predicted molar refractivity (Wildman–Crippen MR) is 79.3 cm³/mol. The van der Waals surface area contributed by atoms with Crippen molar-refractivity contribution < 1.29 is 4.74 Å². The summed E-state index contributed by atoms with van der Waals surface area (Å²) in [7, 11) is 0. The zero-order valence-electron chi connectivity index (χ0n) is 11.5. The van der Waals surface area contributed by atoms with E-state index in [1.165, 1.54) is 0 Å². The van der Waals surface area contributed by atoms with Gasteiger partial charge in [-0.05, 0) is 45.0 Å². The molecule has 0 amide bonds. The molecule has 0 bridgehead atoms. The molecule has 0 radical (unpaired) electrons. The SMILES string of the molecule is CC(C)(C)N1c2ccccc2Oc2cccc(N)c21. The average Bonchev–Trinajstić information content (AvgIpc) is 2.35. The average molecular weight is 254 g/mol. The van der Waals surface area contributed by atoms with Gasteiger partial charge in [0.1, 0.15) is 5.69 Å². The molecule has 0 atom stereocenters. The van der Waals surface area contributed by atoms with E-state index < -0.39 is 0 Å². The first-order valence-electron chi connectivity index (χ1n) is 6.44. The van der Waals surface area contributed by atoms with Crippen LogP contribution in [0.15, 0.2) is 42.5 Å². The lowest BCUT2D eigenvalue weighted by molar-refractivity contribution is 0.452. The van der Waals surface area contributed by atoms with Crippen molar-refractivity contribution in [1.29, 1.82) is 0 Å². The van der Waals surface area contributed by atoms with Crippen LogP contribution in [0.3, 0.4) is 0 Å². The van der Waals surface area contributed by atoms with Gasteiger partial charge in [-0.15, -0.1) is 0 Å². The Hall–Kier alpha value is -2.16. The first-order valence-corrected chi connectivity index (χ1v) is 6.44. The third-order valence-electron chi connectivity index (χ3n) is 3.25. The minimum absolute atomic E-state index is 0.0793. The van der Waals surface area contributed by atoms with Gasteiger partial charge in [0.15, 0.2) is 11.5 Å². The lowest BCUT2D eigenvalue weighted by Gasteiger charge is -2.42. The molecule has 0 saturated heterocycles. The van der Waals surface area contributed by atoms with Crippen molar-refractivity contribution in [2.75, 3.05) is 10.6 Å². The standard InChI is InChI=1S/C16H18N2O/c1-16(2,3)18-12-8-4-5-9-13(12)19-14-10-6-7-11(17)15(14)18/h4-10H,17H2,1-3H3. The van der Waals surface area contributed by atoms with E-state index in [0.29, 0.717) is 0 Å². The van der Waals surface area contributed by atoms with Crippen LogP contribution in [0.5, 0.6) is 11.5 Å². The zero-order chi connectivity index (χ0) is 13.6. The van der Waals surface area contributed by atoms with Crippen molar-refractivity contribution >= 4 is 17.1 Å². The number of para-hydroxylation sites is 3. The number of fused-ring (bicyclic) bond motifs is 2. The van der Waals surface area contributed by atoms with Crippen LogP contribution in [0, 0.1) is 0 Å². The summed E-state index contributed by atoms with van der Waals surface area (Å²) in [6, 6.07) is 13.8. The fraction of sp³-hybridized carbons (Fsp3) is 0.250. The summed E-state index contributed by atoms with van der Waals surface area (Å²) >= 11 is 0. The van der Waals surface area contributed by atoms with Gasteiger partial charge in [-0.1, -0.05) is 18.2 Å². The molecule has 0 aliphatic carbocycles. The maximum Gasteiger partial charge on any atom is 0.153 e. The van der Waals surface area contributed by atoms with E-state index in [2.05, 4.69) is 31.7 Å². The predicted octanol–water partition coefficient (Wildman–Crippen LogP) is 4.31. The summed E-state index contributed by atoms with van der Waals surface area (Å²) in [6.07, 6.45) is 0. The Bertz CT molecular complexity index is 629. The Morgan fingerprint density at radius 1 is 0.947 bits per heavy atom. The number of nitrogens with zero attached hydrogens (tertiary/aromatic N) is 1. The van der Waals surface area contributed by atoms with E-state index in [-0.39, 0.29) is 5.54 Å². The zero-order valence-corrected chi connectivity index (χ0v) is 11.5. The van der Waals surface area contributed by atoms with Crippen LogP contribution in [-0.4, -0.2) is 5.54 Å². The Balaban J connectivity index is 2.29. The van der Waals surface area contributed by atoms with E-state index in [1.807, 2.05) is 36.4 Å².